The first-order valence-electron chi connectivity index (χ1n) is 8.71. The molecule has 3 rings (SSSR count). The molecule has 1 amide bonds. The van der Waals surface area contributed by atoms with Crippen molar-refractivity contribution in [1.82, 2.24) is 15.3 Å². The van der Waals surface area contributed by atoms with Crippen molar-refractivity contribution in [2.45, 2.75) is 51.2 Å². The molecule has 0 spiro atoms. The van der Waals surface area contributed by atoms with Crippen molar-refractivity contribution >= 4 is 16.9 Å². The van der Waals surface area contributed by atoms with Crippen LogP contribution in [0.2, 0.25) is 0 Å². The molecule has 1 heterocycles. The molecule has 1 aromatic heterocycles. The fourth-order valence-corrected chi connectivity index (χ4v) is 3.43. The molecule has 1 fully saturated rings. The first kappa shape index (κ1) is 17.6. The highest BCUT2D eigenvalue weighted by Gasteiger charge is 2.31. The Balaban J connectivity index is 1.65. The minimum absolute atomic E-state index is 0.125. The minimum Gasteiger partial charge on any atom is -0.497 e. The predicted octanol–water partition coefficient (Wildman–Crippen LogP) is 2.70. The van der Waals surface area contributed by atoms with Gasteiger partial charge in [-0.25, -0.2) is 4.98 Å². The third kappa shape index (κ3) is 4.07. The molecule has 6 heteroatoms. The zero-order valence-electron chi connectivity index (χ0n) is 15.0. The summed E-state index contributed by atoms with van der Waals surface area (Å²) < 4.78 is 5.17. The summed E-state index contributed by atoms with van der Waals surface area (Å²) >= 11 is 0. The molecule has 0 radical (unpaired) electrons. The van der Waals surface area contributed by atoms with E-state index in [0.717, 1.165) is 25.7 Å². The standard InChI is InChI=1S/C19H25N3O3/c1-19(2,24)12-4-6-13(7-5-12)21-18(23)17-11-20-16-10-14(25-3)8-9-15(16)22-17/h8-13,24H,4-7H2,1-3H3,(H,21,23). The number of aromatic nitrogens is 2. The molecule has 2 N–H and O–H groups in total. The number of nitrogens with zero attached hydrogens (tertiary/aromatic N) is 2. The number of carbonyl (C=O) groups excluding carboxylic acids is 1. The number of fused-ring (bicyclic) bond motifs is 1. The van der Waals surface area contributed by atoms with E-state index in [0.29, 0.717) is 22.5 Å². The van der Waals surface area contributed by atoms with E-state index in [-0.39, 0.29) is 17.9 Å². The number of nitrogens with one attached hydrogen (secondary N) is 1. The lowest BCUT2D eigenvalue weighted by Crippen LogP contribution is -2.42. The van der Waals surface area contributed by atoms with Gasteiger partial charge < -0.3 is 15.2 Å². The van der Waals surface area contributed by atoms with Gasteiger partial charge in [-0.15, -0.1) is 0 Å². The molecule has 134 valence electrons. The molecule has 6 nitrogen and oxygen atoms in total. The summed E-state index contributed by atoms with van der Waals surface area (Å²) in [5.74, 6) is 0.801. The van der Waals surface area contributed by atoms with Crippen LogP contribution in [0.25, 0.3) is 11.0 Å². The molecule has 0 bridgehead atoms. The second kappa shape index (κ2) is 6.96. The molecule has 2 aromatic rings. The Morgan fingerprint density at radius 3 is 2.60 bits per heavy atom. The van der Waals surface area contributed by atoms with E-state index < -0.39 is 5.60 Å². The van der Waals surface area contributed by atoms with Gasteiger partial charge in [0.1, 0.15) is 11.4 Å². The maximum absolute atomic E-state index is 12.5. The average molecular weight is 343 g/mol. The largest absolute Gasteiger partial charge is 0.497 e. The molecular formula is C19H25N3O3. The number of hydrogen-bond acceptors (Lipinski definition) is 5. The van der Waals surface area contributed by atoms with E-state index in [9.17, 15) is 9.90 Å². The van der Waals surface area contributed by atoms with Crippen LogP contribution in [0.1, 0.15) is 50.0 Å². The van der Waals surface area contributed by atoms with Crippen LogP contribution in [0, 0.1) is 5.92 Å². The van der Waals surface area contributed by atoms with Gasteiger partial charge in [-0.05, 0) is 57.6 Å². The molecule has 1 aliphatic carbocycles. The molecule has 1 aliphatic rings. The third-order valence-corrected chi connectivity index (χ3v) is 5.04. The van der Waals surface area contributed by atoms with E-state index in [2.05, 4.69) is 15.3 Å². The zero-order chi connectivity index (χ0) is 18.0. The lowest BCUT2D eigenvalue weighted by molar-refractivity contribution is -0.00258. The van der Waals surface area contributed by atoms with Gasteiger partial charge in [0.2, 0.25) is 0 Å². The summed E-state index contributed by atoms with van der Waals surface area (Å²) in [6.45, 7) is 3.71. The fourth-order valence-electron chi connectivity index (χ4n) is 3.43. The zero-order valence-corrected chi connectivity index (χ0v) is 15.0. The predicted molar refractivity (Wildman–Crippen MR) is 95.6 cm³/mol. The Labute approximate surface area is 147 Å². The summed E-state index contributed by atoms with van der Waals surface area (Å²) in [6, 6.07) is 5.52. The van der Waals surface area contributed by atoms with Crippen molar-refractivity contribution in [3.05, 3.63) is 30.1 Å². The number of amides is 1. The smallest absolute Gasteiger partial charge is 0.271 e. The van der Waals surface area contributed by atoms with E-state index in [1.54, 1.807) is 25.3 Å². The average Bonchev–Trinajstić information content (AvgIpc) is 2.60. The molecule has 25 heavy (non-hydrogen) atoms. The maximum Gasteiger partial charge on any atom is 0.271 e. The number of aliphatic hydroxyl groups is 1. The van der Waals surface area contributed by atoms with E-state index in [1.165, 1.54) is 6.20 Å². The second-order valence-corrected chi connectivity index (χ2v) is 7.29. The third-order valence-electron chi connectivity index (χ3n) is 5.04. The van der Waals surface area contributed by atoms with Gasteiger partial charge in [0, 0.05) is 12.1 Å². The maximum atomic E-state index is 12.5. The quantitative estimate of drug-likeness (QED) is 0.892. The van der Waals surface area contributed by atoms with Gasteiger partial charge in [-0.3, -0.25) is 9.78 Å². The highest BCUT2D eigenvalue weighted by molar-refractivity contribution is 5.94. The molecular weight excluding hydrogens is 318 g/mol. The van der Waals surface area contributed by atoms with Crippen LogP contribution in [0.5, 0.6) is 5.75 Å². The van der Waals surface area contributed by atoms with Gasteiger partial charge >= 0.3 is 0 Å². The summed E-state index contributed by atoms with van der Waals surface area (Å²) in [4.78, 5) is 21.2. The molecule has 0 atom stereocenters. The van der Waals surface area contributed by atoms with Crippen molar-refractivity contribution in [3.8, 4) is 5.75 Å². The molecule has 1 saturated carbocycles. The molecule has 0 aliphatic heterocycles. The number of ether oxygens (including phenoxy) is 1. The van der Waals surface area contributed by atoms with Gasteiger partial charge in [-0.1, -0.05) is 0 Å². The van der Waals surface area contributed by atoms with Crippen LogP contribution in [0.15, 0.2) is 24.4 Å². The number of hydrogen-bond donors (Lipinski definition) is 2. The molecule has 0 unspecified atom stereocenters. The Hall–Kier alpha value is -2.21. The Kier molecular flexibility index (Phi) is 4.90. The highest BCUT2D eigenvalue weighted by Crippen LogP contribution is 2.32. The number of benzene rings is 1. The highest BCUT2D eigenvalue weighted by atomic mass is 16.5. The number of carbonyl (C=O) groups is 1. The first-order valence-corrected chi connectivity index (χ1v) is 8.71. The molecule has 0 saturated heterocycles. The van der Waals surface area contributed by atoms with Gasteiger partial charge in [0.05, 0.1) is 29.9 Å². The lowest BCUT2D eigenvalue weighted by atomic mass is 9.77. The summed E-state index contributed by atoms with van der Waals surface area (Å²) in [5.41, 5.74) is 1.03. The first-order chi connectivity index (χ1) is 11.9. The minimum atomic E-state index is -0.653. The summed E-state index contributed by atoms with van der Waals surface area (Å²) in [5, 5.41) is 13.2. The van der Waals surface area contributed by atoms with Crippen LogP contribution < -0.4 is 10.1 Å². The van der Waals surface area contributed by atoms with Crippen molar-refractivity contribution in [2.24, 2.45) is 5.92 Å². The number of rotatable bonds is 4. The number of methoxy groups -OCH3 is 1. The van der Waals surface area contributed by atoms with Gasteiger partial charge in [0.15, 0.2) is 0 Å². The van der Waals surface area contributed by atoms with Crippen LogP contribution in [0.3, 0.4) is 0 Å². The Bertz CT molecular complexity index is 762. The van der Waals surface area contributed by atoms with Crippen molar-refractivity contribution in [1.29, 1.82) is 0 Å². The topological polar surface area (TPSA) is 84.3 Å². The Morgan fingerprint density at radius 2 is 1.96 bits per heavy atom. The normalized spacial score (nSPS) is 21.1. The summed E-state index contributed by atoms with van der Waals surface area (Å²) in [7, 11) is 1.60. The summed E-state index contributed by atoms with van der Waals surface area (Å²) in [6.07, 6.45) is 5.08. The Morgan fingerprint density at radius 1 is 1.24 bits per heavy atom. The van der Waals surface area contributed by atoms with Crippen LogP contribution >= 0.6 is 0 Å². The second-order valence-electron chi connectivity index (χ2n) is 7.29. The lowest BCUT2D eigenvalue weighted by Gasteiger charge is -2.36. The SMILES string of the molecule is COc1ccc2nc(C(=O)NC3CCC(C(C)(C)O)CC3)cnc2c1. The van der Waals surface area contributed by atoms with Crippen molar-refractivity contribution in [3.63, 3.8) is 0 Å². The monoisotopic (exact) mass is 343 g/mol. The van der Waals surface area contributed by atoms with E-state index in [4.69, 9.17) is 4.74 Å². The van der Waals surface area contributed by atoms with Gasteiger partial charge in [0.25, 0.3) is 5.91 Å². The van der Waals surface area contributed by atoms with Crippen molar-refractivity contribution < 1.29 is 14.6 Å². The van der Waals surface area contributed by atoms with E-state index in [1.807, 2.05) is 13.8 Å². The van der Waals surface area contributed by atoms with E-state index >= 15 is 0 Å². The van der Waals surface area contributed by atoms with Crippen LogP contribution in [-0.4, -0.2) is 39.7 Å². The van der Waals surface area contributed by atoms with Crippen LogP contribution in [0.4, 0.5) is 0 Å². The van der Waals surface area contributed by atoms with Gasteiger partial charge in [-0.2, -0.15) is 0 Å². The fraction of sp³-hybridized carbons (Fsp3) is 0.526. The van der Waals surface area contributed by atoms with Crippen LogP contribution in [-0.2, 0) is 0 Å². The molecule has 1 aromatic carbocycles. The van der Waals surface area contributed by atoms with Crippen molar-refractivity contribution in [2.75, 3.05) is 7.11 Å².